The number of hydrogen-bond acceptors (Lipinski definition) is 3. The Morgan fingerprint density at radius 1 is 1.20 bits per heavy atom. The predicted octanol–water partition coefficient (Wildman–Crippen LogP) is 5.33. The van der Waals surface area contributed by atoms with Crippen LogP contribution in [0, 0.1) is 5.82 Å². The van der Waals surface area contributed by atoms with Crippen LogP contribution in [-0.2, 0) is 12.6 Å². The third kappa shape index (κ3) is 3.68. The number of pyridine rings is 1. The van der Waals surface area contributed by atoms with E-state index in [2.05, 4.69) is 19.9 Å². The first-order valence-corrected chi connectivity index (χ1v) is 8.72. The number of imidazole rings is 1. The van der Waals surface area contributed by atoms with Gasteiger partial charge in [-0.2, -0.15) is 13.2 Å². The molecule has 1 aromatic carbocycles. The van der Waals surface area contributed by atoms with E-state index in [-0.39, 0.29) is 29.3 Å². The van der Waals surface area contributed by atoms with Crippen molar-refractivity contribution in [2.24, 2.45) is 0 Å². The van der Waals surface area contributed by atoms with Gasteiger partial charge in [0.2, 0.25) is 0 Å². The minimum atomic E-state index is -4.65. The Morgan fingerprint density at radius 3 is 2.63 bits per heavy atom. The molecule has 0 aliphatic heterocycles. The van der Waals surface area contributed by atoms with Crippen molar-refractivity contribution in [3.63, 3.8) is 0 Å². The van der Waals surface area contributed by atoms with Crippen molar-refractivity contribution >= 4 is 29.2 Å². The molecule has 3 heterocycles. The van der Waals surface area contributed by atoms with Crippen LogP contribution in [0.3, 0.4) is 0 Å². The Morgan fingerprint density at radius 2 is 1.93 bits per heavy atom. The van der Waals surface area contributed by atoms with E-state index in [1.807, 2.05) is 0 Å². The van der Waals surface area contributed by atoms with Gasteiger partial charge < -0.3 is 9.97 Å². The number of aromatic amines is 2. The molecule has 0 radical (unpaired) electrons. The van der Waals surface area contributed by atoms with Gasteiger partial charge in [-0.3, -0.25) is 9.78 Å². The molecule has 156 valence electrons. The summed E-state index contributed by atoms with van der Waals surface area (Å²) >= 11 is 0. The lowest BCUT2D eigenvalue weighted by Crippen LogP contribution is -2.13. The van der Waals surface area contributed by atoms with Gasteiger partial charge in [-0.05, 0) is 18.6 Å². The van der Waals surface area contributed by atoms with E-state index in [0.717, 1.165) is 12.1 Å². The number of fused-ring (bicyclic) bond motifs is 1. The Labute approximate surface area is 174 Å². The number of H-pyrrole nitrogens is 2. The van der Waals surface area contributed by atoms with Gasteiger partial charge in [0.15, 0.2) is 17.4 Å². The molecule has 0 unspecified atom stereocenters. The number of aryl methyl sites for hydroxylation is 1. The number of carbonyl (C=O) groups excluding carboxylic acids is 1. The summed E-state index contributed by atoms with van der Waals surface area (Å²) in [5.74, 6) is -1.04. The molecule has 4 aromatic rings. The van der Waals surface area contributed by atoms with Crippen LogP contribution < -0.4 is 0 Å². The van der Waals surface area contributed by atoms with Crippen molar-refractivity contribution in [1.29, 1.82) is 0 Å². The molecular formula is C20H15ClF4N4O. The summed E-state index contributed by atoms with van der Waals surface area (Å²) in [6.45, 7) is 1.77. The quantitative estimate of drug-likeness (QED) is 0.334. The molecule has 0 saturated heterocycles. The molecule has 0 aliphatic rings. The van der Waals surface area contributed by atoms with Crippen LogP contribution in [0.4, 0.5) is 17.6 Å². The summed E-state index contributed by atoms with van der Waals surface area (Å²) in [7, 11) is 0. The maximum Gasteiger partial charge on any atom is 0.417 e. The molecular weight excluding hydrogens is 424 g/mol. The number of benzene rings is 1. The molecule has 10 heteroatoms. The molecule has 2 N–H and O–H groups in total. The zero-order chi connectivity index (χ0) is 20.8. The number of alkyl halides is 3. The van der Waals surface area contributed by atoms with Crippen molar-refractivity contribution in [2.45, 2.75) is 19.5 Å². The van der Waals surface area contributed by atoms with Crippen molar-refractivity contribution < 1.29 is 22.4 Å². The fraction of sp³-hybridized carbons (Fsp3) is 0.150. The molecule has 0 aliphatic carbocycles. The summed E-state index contributed by atoms with van der Waals surface area (Å²) in [4.78, 5) is 26.5. The summed E-state index contributed by atoms with van der Waals surface area (Å²) < 4.78 is 54.0. The first-order valence-electron chi connectivity index (χ1n) is 8.72. The van der Waals surface area contributed by atoms with Crippen molar-refractivity contribution in [1.82, 2.24) is 19.9 Å². The minimum absolute atomic E-state index is 0. The summed E-state index contributed by atoms with van der Waals surface area (Å²) in [5, 5.41) is 0. The molecule has 0 fully saturated rings. The number of halogens is 5. The number of nitrogens with zero attached hydrogens (tertiary/aromatic N) is 2. The van der Waals surface area contributed by atoms with Crippen LogP contribution in [0.5, 0.6) is 0 Å². The highest BCUT2D eigenvalue weighted by Gasteiger charge is 2.35. The van der Waals surface area contributed by atoms with Gasteiger partial charge in [0, 0.05) is 17.3 Å². The second-order valence-corrected chi connectivity index (χ2v) is 6.39. The van der Waals surface area contributed by atoms with Gasteiger partial charge in [-0.1, -0.05) is 25.1 Å². The van der Waals surface area contributed by atoms with E-state index in [4.69, 9.17) is 0 Å². The molecule has 30 heavy (non-hydrogen) atoms. The lowest BCUT2D eigenvalue weighted by Gasteiger charge is -2.10. The molecule has 0 saturated carbocycles. The molecule has 0 bridgehead atoms. The second kappa shape index (κ2) is 7.91. The highest BCUT2D eigenvalue weighted by Crippen LogP contribution is 2.33. The number of ketones is 1. The lowest BCUT2D eigenvalue weighted by molar-refractivity contribution is -0.137. The van der Waals surface area contributed by atoms with Crippen LogP contribution in [0.1, 0.15) is 34.1 Å². The van der Waals surface area contributed by atoms with Crippen LogP contribution >= 0.6 is 12.4 Å². The Bertz CT molecular complexity index is 1230. The van der Waals surface area contributed by atoms with Crippen LogP contribution in [-0.4, -0.2) is 25.7 Å². The summed E-state index contributed by atoms with van der Waals surface area (Å²) in [6.07, 6.45) is -1.50. The van der Waals surface area contributed by atoms with Crippen molar-refractivity contribution in [2.75, 3.05) is 0 Å². The van der Waals surface area contributed by atoms with Crippen molar-refractivity contribution in [3.8, 4) is 11.5 Å². The SMILES string of the molecule is CCc1ncc2nc(-c3cc(C(=O)c4ccccc4C(F)(F)F)c[nH]3)[nH]c2c1F.Cl. The number of carbonyl (C=O) groups is 1. The molecule has 4 rings (SSSR count). The summed E-state index contributed by atoms with van der Waals surface area (Å²) in [6, 6.07) is 5.97. The van der Waals surface area contributed by atoms with Gasteiger partial charge in [-0.25, -0.2) is 9.37 Å². The zero-order valence-electron chi connectivity index (χ0n) is 15.5. The number of rotatable bonds is 4. The third-order valence-corrected chi connectivity index (χ3v) is 4.56. The van der Waals surface area contributed by atoms with Gasteiger partial charge in [0.25, 0.3) is 0 Å². The monoisotopic (exact) mass is 438 g/mol. The highest BCUT2D eigenvalue weighted by atomic mass is 35.5. The number of nitrogens with one attached hydrogen (secondary N) is 2. The standard InChI is InChI=1S/C20H14F4N4O.ClH/c1-2-13-16(21)17-15(9-26-13)27-19(28-17)14-7-10(8-25-14)18(29)11-5-3-4-6-12(11)20(22,23)24;/h3-9,25H,2H2,1H3,(H,27,28);1H. The maximum atomic E-state index is 14.4. The van der Waals surface area contributed by atoms with E-state index in [9.17, 15) is 22.4 Å². The number of aromatic nitrogens is 4. The van der Waals surface area contributed by atoms with Gasteiger partial charge >= 0.3 is 6.18 Å². The van der Waals surface area contributed by atoms with Crippen molar-refractivity contribution in [3.05, 3.63) is 70.9 Å². The lowest BCUT2D eigenvalue weighted by atomic mass is 9.99. The molecule has 5 nitrogen and oxygen atoms in total. The first kappa shape index (κ1) is 21.5. The van der Waals surface area contributed by atoms with E-state index in [1.54, 1.807) is 6.92 Å². The highest BCUT2D eigenvalue weighted by molar-refractivity contribution is 6.10. The molecule has 0 amide bonds. The Kier molecular flexibility index (Phi) is 5.67. The van der Waals surface area contributed by atoms with Crippen LogP contribution in [0.15, 0.2) is 42.7 Å². The van der Waals surface area contributed by atoms with Crippen LogP contribution in [0.2, 0.25) is 0 Å². The fourth-order valence-corrected chi connectivity index (χ4v) is 3.11. The van der Waals surface area contributed by atoms with Gasteiger partial charge in [0.05, 0.1) is 23.1 Å². The molecule has 0 atom stereocenters. The smallest absolute Gasteiger partial charge is 0.358 e. The van der Waals surface area contributed by atoms with E-state index >= 15 is 0 Å². The molecule has 3 aromatic heterocycles. The Balaban J connectivity index is 0.00000256. The number of hydrogen-bond donors (Lipinski definition) is 2. The second-order valence-electron chi connectivity index (χ2n) is 6.39. The topological polar surface area (TPSA) is 74.4 Å². The average molecular weight is 439 g/mol. The zero-order valence-corrected chi connectivity index (χ0v) is 16.3. The largest absolute Gasteiger partial charge is 0.417 e. The fourth-order valence-electron chi connectivity index (χ4n) is 3.11. The minimum Gasteiger partial charge on any atom is -0.358 e. The van der Waals surface area contributed by atoms with Crippen LogP contribution in [0.25, 0.3) is 22.6 Å². The van der Waals surface area contributed by atoms with Gasteiger partial charge in [-0.15, -0.1) is 12.4 Å². The summed E-state index contributed by atoms with van der Waals surface area (Å²) in [5.41, 5.74) is -0.304. The van der Waals surface area contributed by atoms with Gasteiger partial charge in [0.1, 0.15) is 11.0 Å². The van der Waals surface area contributed by atoms with E-state index in [0.29, 0.717) is 23.3 Å². The predicted molar refractivity (Wildman–Crippen MR) is 105 cm³/mol. The van der Waals surface area contributed by atoms with E-state index < -0.39 is 28.9 Å². The molecule has 0 spiro atoms. The Hall–Kier alpha value is -3.20. The first-order chi connectivity index (χ1) is 13.8. The van der Waals surface area contributed by atoms with E-state index in [1.165, 1.54) is 30.6 Å². The normalized spacial score (nSPS) is 11.5. The third-order valence-electron chi connectivity index (χ3n) is 4.56. The maximum absolute atomic E-state index is 14.4. The average Bonchev–Trinajstić information content (AvgIpc) is 3.34.